The van der Waals surface area contributed by atoms with E-state index < -0.39 is 0 Å². The Morgan fingerprint density at radius 1 is 1.62 bits per heavy atom. The summed E-state index contributed by atoms with van der Waals surface area (Å²) in [4.78, 5) is 3.98. The highest BCUT2D eigenvalue weighted by Gasteiger charge is 2.09. The van der Waals surface area contributed by atoms with Crippen molar-refractivity contribution in [2.75, 3.05) is 13.2 Å². The molecule has 5 N–H and O–H groups in total. The number of hydrogen-bond donors (Lipinski definition) is 3. The molecule has 1 heterocycles. The Labute approximate surface area is 77.4 Å². The Kier molecular flexibility index (Phi) is 3.88. The fourth-order valence-corrected chi connectivity index (χ4v) is 1.18. The highest BCUT2D eigenvalue weighted by Crippen LogP contribution is 2.08. The quantitative estimate of drug-likeness (QED) is 0.560. The van der Waals surface area contributed by atoms with Crippen molar-refractivity contribution in [1.29, 1.82) is 0 Å². The van der Waals surface area contributed by atoms with Gasteiger partial charge in [-0.25, -0.2) is 4.98 Å². The second-order valence-corrected chi connectivity index (χ2v) is 2.94. The third-order valence-corrected chi connectivity index (χ3v) is 1.92. The first-order chi connectivity index (χ1) is 6.29. The van der Waals surface area contributed by atoms with E-state index in [9.17, 15) is 0 Å². The fraction of sp³-hybridized carbons (Fsp3) is 0.625. The average molecular weight is 184 g/mol. The highest BCUT2D eigenvalue weighted by molar-refractivity contribution is 5.04. The molecule has 0 amide bonds. The van der Waals surface area contributed by atoms with E-state index in [2.05, 4.69) is 4.98 Å². The maximum atomic E-state index is 8.87. The Hall–Kier alpha value is -0.910. The van der Waals surface area contributed by atoms with Crippen LogP contribution in [0.2, 0.25) is 0 Å². The van der Waals surface area contributed by atoms with Crippen LogP contribution in [0.4, 0.5) is 0 Å². The van der Waals surface area contributed by atoms with Crippen LogP contribution in [0.1, 0.15) is 18.2 Å². The Balaban J connectivity index is 2.65. The van der Waals surface area contributed by atoms with Crippen LogP contribution >= 0.6 is 0 Å². The smallest absolute Gasteiger partial charge is 0.0948 e. The van der Waals surface area contributed by atoms with Gasteiger partial charge in [-0.3, -0.25) is 0 Å². The van der Waals surface area contributed by atoms with Gasteiger partial charge < -0.3 is 21.1 Å². The van der Waals surface area contributed by atoms with Crippen LogP contribution in [0.15, 0.2) is 12.5 Å². The van der Waals surface area contributed by atoms with Crippen LogP contribution in [-0.4, -0.2) is 27.8 Å². The topological polar surface area (TPSA) is 90.1 Å². The van der Waals surface area contributed by atoms with Crippen LogP contribution in [-0.2, 0) is 6.54 Å². The van der Waals surface area contributed by atoms with Gasteiger partial charge in [0.15, 0.2) is 0 Å². The monoisotopic (exact) mass is 184 g/mol. The van der Waals surface area contributed by atoms with Crippen LogP contribution in [0.5, 0.6) is 0 Å². The molecule has 0 saturated carbocycles. The molecule has 13 heavy (non-hydrogen) atoms. The maximum absolute atomic E-state index is 8.87. The van der Waals surface area contributed by atoms with Crippen molar-refractivity contribution in [3.63, 3.8) is 0 Å². The van der Waals surface area contributed by atoms with Gasteiger partial charge in [-0.2, -0.15) is 0 Å². The number of hydrogen-bond acceptors (Lipinski definition) is 4. The molecular formula is C8H16N4O. The molecule has 0 aliphatic rings. The standard InChI is InChI=1S/C8H16N4O/c9-2-1-3-12-6-11-4-8(12)7(10)5-13/h4,6-7,13H,1-3,5,9-10H2. The van der Waals surface area contributed by atoms with Crippen molar-refractivity contribution < 1.29 is 5.11 Å². The first-order valence-corrected chi connectivity index (χ1v) is 4.36. The molecule has 1 rings (SSSR count). The molecule has 1 atom stereocenters. The molecule has 0 bridgehead atoms. The molecule has 0 aromatic carbocycles. The van der Waals surface area contributed by atoms with Crippen LogP contribution in [0.3, 0.4) is 0 Å². The third kappa shape index (κ3) is 2.51. The zero-order valence-corrected chi connectivity index (χ0v) is 7.56. The van der Waals surface area contributed by atoms with Gasteiger partial charge in [-0.15, -0.1) is 0 Å². The SMILES string of the molecule is NCCCn1cncc1C(N)CO. The number of aliphatic hydroxyl groups is 1. The van der Waals surface area contributed by atoms with Gasteiger partial charge in [-0.1, -0.05) is 0 Å². The van der Waals surface area contributed by atoms with Crippen LogP contribution in [0.25, 0.3) is 0 Å². The number of aliphatic hydroxyl groups excluding tert-OH is 1. The van der Waals surface area contributed by atoms with Crippen molar-refractivity contribution >= 4 is 0 Å². The van der Waals surface area contributed by atoms with E-state index in [-0.39, 0.29) is 12.6 Å². The minimum absolute atomic E-state index is 0.0612. The number of aryl methyl sites for hydroxylation is 1. The number of imidazole rings is 1. The molecule has 1 aromatic heterocycles. The zero-order chi connectivity index (χ0) is 9.68. The predicted molar refractivity (Wildman–Crippen MR) is 49.9 cm³/mol. The summed E-state index contributed by atoms with van der Waals surface area (Å²) in [6.07, 6.45) is 4.28. The van der Waals surface area contributed by atoms with E-state index in [1.54, 1.807) is 12.5 Å². The number of rotatable bonds is 5. The summed E-state index contributed by atoms with van der Waals surface area (Å²) >= 11 is 0. The molecule has 0 aliphatic heterocycles. The van der Waals surface area contributed by atoms with Gasteiger partial charge in [0.2, 0.25) is 0 Å². The van der Waals surface area contributed by atoms with Crippen LogP contribution in [0, 0.1) is 0 Å². The largest absolute Gasteiger partial charge is 0.394 e. The van der Waals surface area contributed by atoms with Crippen LogP contribution < -0.4 is 11.5 Å². The van der Waals surface area contributed by atoms with Crippen molar-refractivity contribution in [2.24, 2.45) is 11.5 Å². The molecule has 1 unspecified atom stereocenters. The summed E-state index contributed by atoms with van der Waals surface area (Å²) < 4.78 is 1.92. The molecule has 0 spiro atoms. The van der Waals surface area contributed by atoms with E-state index in [0.717, 1.165) is 18.7 Å². The molecule has 0 fully saturated rings. The Morgan fingerprint density at radius 2 is 2.38 bits per heavy atom. The first-order valence-electron chi connectivity index (χ1n) is 4.36. The second-order valence-electron chi connectivity index (χ2n) is 2.94. The van der Waals surface area contributed by atoms with Crippen molar-refractivity contribution in [1.82, 2.24) is 9.55 Å². The lowest BCUT2D eigenvalue weighted by molar-refractivity contribution is 0.263. The van der Waals surface area contributed by atoms with Crippen molar-refractivity contribution in [3.05, 3.63) is 18.2 Å². The number of nitrogens with two attached hydrogens (primary N) is 2. The lowest BCUT2D eigenvalue weighted by atomic mass is 10.2. The normalized spacial score (nSPS) is 13.2. The predicted octanol–water partition coefficient (Wildman–Crippen LogP) is -0.776. The van der Waals surface area contributed by atoms with Gasteiger partial charge in [0, 0.05) is 12.7 Å². The summed E-state index contributed by atoms with van der Waals surface area (Å²) in [6, 6.07) is -0.347. The average Bonchev–Trinajstić information content (AvgIpc) is 2.61. The summed E-state index contributed by atoms with van der Waals surface area (Å²) in [7, 11) is 0. The van der Waals surface area contributed by atoms with Gasteiger partial charge >= 0.3 is 0 Å². The minimum Gasteiger partial charge on any atom is -0.394 e. The second kappa shape index (κ2) is 4.96. The van der Waals surface area contributed by atoms with Gasteiger partial charge in [-0.05, 0) is 13.0 Å². The summed E-state index contributed by atoms with van der Waals surface area (Å²) in [5.41, 5.74) is 11.9. The molecule has 5 heteroatoms. The van der Waals surface area contributed by atoms with Gasteiger partial charge in [0.05, 0.1) is 24.7 Å². The van der Waals surface area contributed by atoms with Gasteiger partial charge in [0.1, 0.15) is 0 Å². The Bertz CT molecular complexity index is 248. The highest BCUT2D eigenvalue weighted by atomic mass is 16.3. The van der Waals surface area contributed by atoms with E-state index >= 15 is 0 Å². The van der Waals surface area contributed by atoms with Gasteiger partial charge in [0.25, 0.3) is 0 Å². The minimum atomic E-state index is -0.347. The molecule has 0 aliphatic carbocycles. The summed E-state index contributed by atoms with van der Waals surface area (Å²) in [6.45, 7) is 1.39. The van der Waals surface area contributed by atoms with E-state index in [1.165, 1.54) is 0 Å². The molecule has 1 aromatic rings. The molecule has 74 valence electrons. The lowest BCUT2D eigenvalue weighted by Gasteiger charge is -2.11. The summed E-state index contributed by atoms with van der Waals surface area (Å²) in [5.74, 6) is 0. The Morgan fingerprint density at radius 3 is 3.00 bits per heavy atom. The lowest BCUT2D eigenvalue weighted by Crippen LogP contribution is -2.19. The number of aromatic nitrogens is 2. The molecular weight excluding hydrogens is 168 g/mol. The summed E-state index contributed by atoms with van der Waals surface area (Å²) in [5, 5.41) is 8.87. The molecule has 5 nitrogen and oxygen atoms in total. The fourth-order valence-electron chi connectivity index (χ4n) is 1.18. The van der Waals surface area contributed by atoms with E-state index in [4.69, 9.17) is 16.6 Å². The van der Waals surface area contributed by atoms with Crippen molar-refractivity contribution in [2.45, 2.75) is 19.0 Å². The molecule has 0 saturated heterocycles. The van der Waals surface area contributed by atoms with E-state index in [0.29, 0.717) is 6.54 Å². The first kappa shape index (κ1) is 10.2. The zero-order valence-electron chi connectivity index (χ0n) is 7.56. The molecule has 0 radical (unpaired) electrons. The van der Waals surface area contributed by atoms with Crippen molar-refractivity contribution in [3.8, 4) is 0 Å². The number of nitrogens with zero attached hydrogens (tertiary/aromatic N) is 2. The van der Waals surface area contributed by atoms with E-state index in [1.807, 2.05) is 4.57 Å². The maximum Gasteiger partial charge on any atom is 0.0948 e. The third-order valence-electron chi connectivity index (χ3n) is 1.92.